The number of aromatic nitrogens is 3. The lowest BCUT2D eigenvalue weighted by Gasteiger charge is -2.14. The molecule has 4 aromatic rings. The number of hydrogen-bond donors (Lipinski definition) is 2. The van der Waals surface area contributed by atoms with Crippen molar-refractivity contribution in [2.45, 2.75) is 32.2 Å². The number of nitrogens with two attached hydrogens (primary N) is 1. The van der Waals surface area contributed by atoms with Gasteiger partial charge >= 0.3 is 0 Å². The topological polar surface area (TPSA) is 93.8 Å². The molecule has 1 atom stereocenters. The van der Waals surface area contributed by atoms with E-state index in [2.05, 4.69) is 20.3 Å². The number of fused-ring (bicyclic) bond motifs is 1. The monoisotopic (exact) mass is 435 g/mol. The van der Waals surface area contributed by atoms with Gasteiger partial charge in [0.2, 0.25) is 5.95 Å². The SMILES string of the molecule is C[C@H](Nc1nc(C(=O)CCCc2ccc(N)cc2)c2sccc2n1)c1cncc(F)c1. The molecule has 3 aromatic heterocycles. The molecule has 0 saturated heterocycles. The lowest BCUT2D eigenvalue weighted by atomic mass is 10.0. The Kier molecular flexibility index (Phi) is 6.18. The number of thiophene rings is 1. The summed E-state index contributed by atoms with van der Waals surface area (Å²) < 4.78 is 14.3. The fourth-order valence-corrected chi connectivity index (χ4v) is 4.15. The molecule has 0 aliphatic rings. The first-order valence-electron chi connectivity index (χ1n) is 9.99. The minimum Gasteiger partial charge on any atom is -0.399 e. The van der Waals surface area contributed by atoms with Gasteiger partial charge in [0, 0.05) is 18.3 Å². The van der Waals surface area contributed by atoms with Crippen LogP contribution in [0, 0.1) is 5.82 Å². The zero-order chi connectivity index (χ0) is 21.8. The van der Waals surface area contributed by atoms with E-state index in [1.54, 1.807) is 6.20 Å². The van der Waals surface area contributed by atoms with Gasteiger partial charge in [-0.05, 0) is 60.5 Å². The highest BCUT2D eigenvalue weighted by Crippen LogP contribution is 2.26. The standard InChI is InChI=1S/C23H22FN5OS/c1-14(16-11-17(24)13-26-12-16)27-23-28-19-9-10-31-22(19)21(29-23)20(30)4-2-3-15-5-7-18(25)8-6-15/h5-14H,2-4,25H2,1H3,(H,27,28,29)/t14-/m0/s1. The number of ketones is 1. The molecule has 8 heteroatoms. The van der Waals surface area contributed by atoms with Crippen molar-refractivity contribution in [1.82, 2.24) is 15.0 Å². The number of halogens is 1. The van der Waals surface area contributed by atoms with E-state index < -0.39 is 5.82 Å². The summed E-state index contributed by atoms with van der Waals surface area (Å²) in [5.74, 6) is -0.0877. The first kappa shape index (κ1) is 20.9. The molecule has 0 radical (unpaired) electrons. The Bertz CT molecular complexity index is 1210. The number of nitrogens with one attached hydrogen (secondary N) is 1. The molecule has 0 aliphatic heterocycles. The van der Waals surface area contributed by atoms with Gasteiger partial charge in [-0.1, -0.05) is 12.1 Å². The maximum Gasteiger partial charge on any atom is 0.224 e. The summed E-state index contributed by atoms with van der Waals surface area (Å²) in [6.45, 7) is 1.87. The van der Waals surface area contributed by atoms with Crippen LogP contribution in [0.25, 0.3) is 10.2 Å². The predicted octanol–water partition coefficient (Wildman–Crippen LogP) is 5.19. The number of Topliss-reactive ketones (excluding diaryl/α,β-unsaturated/α-hetero) is 1. The number of carbonyl (C=O) groups is 1. The number of rotatable bonds is 8. The normalized spacial score (nSPS) is 12.1. The molecule has 0 aliphatic carbocycles. The summed E-state index contributed by atoms with van der Waals surface area (Å²) in [5, 5.41) is 5.06. The van der Waals surface area contributed by atoms with Gasteiger partial charge in [0.15, 0.2) is 5.78 Å². The molecule has 0 bridgehead atoms. The van der Waals surface area contributed by atoms with Crippen LogP contribution in [0.15, 0.2) is 54.2 Å². The van der Waals surface area contributed by atoms with Crippen LogP contribution in [0.5, 0.6) is 0 Å². The number of benzene rings is 1. The highest BCUT2D eigenvalue weighted by Gasteiger charge is 2.17. The summed E-state index contributed by atoms with van der Waals surface area (Å²) in [4.78, 5) is 25.9. The number of aryl methyl sites for hydroxylation is 1. The van der Waals surface area contributed by atoms with E-state index in [1.165, 1.54) is 17.4 Å². The van der Waals surface area contributed by atoms with Gasteiger partial charge in [-0.2, -0.15) is 0 Å². The van der Waals surface area contributed by atoms with Crippen LogP contribution in [0.4, 0.5) is 16.0 Å². The van der Waals surface area contributed by atoms with Crippen molar-refractivity contribution in [1.29, 1.82) is 0 Å². The zero-order valence-electron chi connectivity index (χ0n) is 17.0. The Labute approximate surface area is 183 Å². The second-order valence-corrected chi connectivity index (χ2v) is 8.27. The van der Waals surface area contributed by atoms with Crippen LogP contribution in [-0.4, -0.2) is 20.7 Å². The van der Waals surface area contributed by atoms with Crippen LogP contribution < -0.4 is 11.1 Å². The Balaban J connectivity index is 1.49. The lowest BCUT2D eigenvalue weighted by molar-refractivity contribution is 0.0977. The van der Waals surface area contributed by atoms with E-state index in [9.17, 15) is 9.18 Å². The summed E-state index contributed by atoms with van der Waals surface area (Å²) in [6, 6.07) is 10.7. The van der Waals surface area contributed by atoms with Crippen molar-refractivity contribution in [2.24, 2.45) is 0 Å². The van der Waals surface area contributed by atoms with Crippen LogP contribution in [-0.2, 0) is 6.42 Å². The maximum atomic E-state index is 13.5. The molecular formula is C23H22FN5OS. The van der Waals surface area contributed by atoms with Crippen LogP contribution in [0.2, 0.25) is 0 Å². The molecule has 4 rings (SSSR count). The maximum absolute atomic E-state index is 13.5. The Morgan fingerprint density at radius 1 is 1.19 bits per heavy atom. The Morgan fingerprint density at radius 3 is 2.77 bits per heavy atom. The second kappa shape index (κ2) is 9.18. The summed E-state index contributed by atoms with van der Waals surface area (Å²) in [6.07, 6.45) is 4.64. The summed E-state index contributed by atoms with van der Waals surface area (Å²) in [7, 11) is 0. The minimum absolute atomic E-state index is 0.0200. The first-order chi connectivity index (χ1) is 15.0. The predicted molar refractivity (Wildman–Crippen MR) is 122 cm³/mol. The molecule has 0 fully saturated rings. The van der Waals surface area contributed by atoms with E-state index in [0.29, 0.717) is 35.6 Å². The van der Waals surface area contributed by atoms with Crippen LogP contribution >= 0.6 is 11.3 Å². The van der Waals surface area contributed by atoms with Crippen molar-refractivity contribution in [3.63, 3.8) is 0 Å². The molecule has 158 valence electrons. The molecular weight excluding hydrogens is 413 g/mol. The van der Waals surface area contributed by atoms with Gasteiger partial charge < -0.3 is 11.1 Å². The van der Waals surface area contributed by atoms with E-state index in [4.69, 9.17) is 5.73 Å². The molecule has 0 spiro atoms. The quantitative estimate of drug-likeness (QED) is 0.292. The number of anilines is 2. The Hall–Kier alpha value is -3.39. The van der Waals surface area contributed by atoms with E-state index in [1.807, 2.05) is 42.6 Å². The average Bonchev–Trinajstić information content (AvgIpc) is 3.23. The molecule has 0 unspecified atom stereocenters. The molecule has 31 heavy (non-hydrogen) atoms. The average molecular weight is 436 g/mol. The number of nitrogen functional groups attached to an aromatic ring is 1. The fraction of sp³-hybridized carbons (Fsp3) is 0.217. The largest absolute Gasteiger partial charge is 0.399 e. The van der Waals surface area contributed by atoms with Gasteiger partial charge in [-0.25, -0.2) is 14.4 Å². The third-order valence-electron chi connectivity index (χ3n) is 4.99. The molecule has 1 aromatic carbocycles. The molecule has 0 saturated carbocycles. The Morgan fingerprint density at radius 2 is 2.00 bits per heavy atom. The van der Waals surface area contributed by atoms with E-state index in [0.717, 1.165) is 28.6 Å². The van der Waals surface area contributed by atoms with Crippen molar-refractivity contribution in [2.75, 3.05) is 11.1 Å². The third-order valence-corrected chi connectivity index (χ3v) is 5.90. The number of carbonyl (C=O) groups excluding carboxylic acids is 1. The summed E-state index contributed by atoms with van der Waals surface area (Å²) >= 11 is 1.45. The molecule has 0 amide bonds. The molecule has 3 N–H and O–H groups in total. The van der Waals surface area contributed by atoms with Crippen molar-refractivity contribution in [3.8, 4) is 0 Å². The van der Waals surface area contributed by atoms with Gasteiger partial charge in [0.05, 0.1) is 22.5 Å². The van der Waals surface area contributed by atoms with Crippen LogP contribution in [0.3, 0.4) is 0 Å². The van der Waals surface area contributed by atoms with E-state index >= 15 is 0 Å². The number of nitrogens with zero attached hydrogens (tertiary/aromatic N) is 3. The van der Waals surface area contributed by atoms with E-state index in [-0.39, 0.29) is 11.8 Å². The van der Waals surface area contributed by atoms with Crippen molar-refractivity contribution < 1.29 is 9.18 Å². The highest BCUT2D eigenvalue weighted by molar-refractivity contribution is 7.17. The lowest BCUT2D eigenvalue weighted by Crippen LogP contribution is -2.13. The first-order valence-corrected chi connectivity index (χ1v) is 10.9. The number of hydrogen-bond acceptors (Lipinski definition) is 7. The smallest absolute Gasteiger partial charge is 0.224 e. The highest BCUT2D eigenvalue weighted by atomic mass is 32.1. The minimum atomic E-state index is -0.405. The van der Waals surface area contributed by atoms with Crippen molar-refractivity contribution >= 4 is 39.0 Å². The fourth-order valence-electron chi connectivity index (χ4n) is 3.31. The second-order valence-electron chi connectivity index (χ2n) is 7.35. The number of pyridine rings is 1. The van der Waals surface area contributed by atoms with Gasteiger partial charge in [-0.3, -0.25) is 9.78 Å². The molecule has 3 heterocycles. The third kappa shape index (κ3) is 5.03. The van der Waals surface area contributed by atoms with Crippen molar-refractivity contribution in [3.05, 3.63) is 76.8 Å². The van der Waals surface area contributed by atoms with Gasteiger partial charge in [0.25, 0.3) is 0 Å². The van der Waals surface area contributed by atoms with Gasteiger partial charge in [-0.15, -0.1) is 11.3 Å². The zero-order valence-corrected chi connectivity index (χ0v) is 17.8. The summed E-state index contributed by atoms with van der Waals surface area (Å²) in [5.41, 5.74) is 9.40. The molecule has 6 nitrogen and oxygen atoms in total. The van der Waals surface area contributed by atoms with Crippen LogP contribution in [0.1, 0.15) is 47.4 Å². The van der Waals surface area contributed by atoms with Gasteiger partial charge in [0.1, 0.15) is 11.5 Å².